The summed E-state index contributed by atoms with van der Waals surface area (Å²) >= 11 is 0. The highest BCUT2D eigenvalue weighted by molar-refractivity contribution is 5.29. The maximum Gasteiger partial charge on any atom is 0.115 e. The summed E-state index contributed by atoms with van der Waals surface area (Å²) in [5.74, 6) is 1.37. The molecule has 1 aromatic carbocycles. The molecule has 2 aromatic rings. The predicted octanol–water partition coefficient (Wildman–Crippen LogP) is 3.36. The van der Waals surface area contributed by atoms with Crippen molar-refractivity contribution < 1.29 is 9.84 Å². The summed E-state index contributed by atoms with van der Waals surface area (Å²) in [7, 11) is 1.78. The molecule has 1 aliphatic carbocycles. The molecule has 0 amide bonds. The van der Waals surface area contributed by atoms with Crippen LogP contribution in [0.15, 0.2) is 43.0 Å². The van der Waals surface area contributed by atoms with Gasteiger partial charge in [-0.15, -0.1) is 0 Å². The number of hydrogen-bond acceptors (Lipinski definition) is 3. The van der Waals surface area contributed by atoms with Crippen LogP contribution in [-0.2, 0) is 4.74 Å². The van der Waals surface area contributed by atoms with E-state index in [9.17, 15) is 5.11 Å². The maximum absolute atomic E-state index is 9.51. The smallest absolute Gasteiger partial charge is 0.115 e. The molecular weight excluding hydrogens is 264 g/mol. The van der Waals surface area contributed by atoms with Crippen LogP contribution in [0.1, 0.15) is 36.8 Å². The first-order valence-corrected chi connectivity index (χ1v) is 7.53. The second kappa shape index (κ2) is 6.31. The quantitative estimate of drug-likeness (QED) is 0.937. The first-order valence-electron chi connectivity index (χ1n) is 7.53. The van der Waals surface area contributed by atoms with Crippen molar-refractivity contribution in [2.24, 2.45) is 5.92 Å². The van der Waals surface area contributed by atoms with Crippen LogP contribution in [0.4, 0.5) is 0 Å². The van der Waals surface area contributed by atoms with Gasteiger partial charge in [0.2, 0.25) is 0 Å². The molecule has 1 fully saturated rings. The van der Waals surface area contributed by atoms with Crippen molar-refractivity contribution in [3.05, 3.63) is 48.5 Å². The van der Waals surface area contributed by atoms with Crippen LogP contribution in [0, 0.1) is 5.92 Å². The van der Waals surface area contributed by atoms with E-state index >= 15 is 0 Å². The second-order valence-electron chi connectivity index (χ2n) is 5.91. The normalized spacial score (nSPS) is 25.9. The number of phenolic OH excluding ortho intramolecular Hbond substituents is 1. The minimum Gasteiger partial charge on any atom is -0.508 e. The van der Waals surface area contributed by atoms with Crippen LogP contribution >= 0.6 is 0 Å². The van der Waals surface area contributed by atoms with E-state index < -0.39 is 0 Å². The molecule has 0 bridgehead atoms. The van der Waals surface area contributed by atoms with Crippen LogP contribution in [0.3, 0.4) is 0 Å². The van der Waals surface area contributed by atoms with Gasteiger partial charge in [-0.1, -0.05) is 12.1 Å². The lowest BCUT2D eigenvalue weighted by Crippen LogP contribution is -2.27. The molecule has 0 radical (unpaired) electrons. The van der Waals surface area contributed by atoms with Gasteiger partial charge in [0.05, 0.1) is 6.33 Å². The largest absolute Gasteiger partial charge is 0.508 e. The number of ether oxygens (including phenoxy) is 1. The summed E-state index contributed by atoms with van der Waals surface area (Å²) in [6, 6.07) is 8.07. The molecule has 112 valence electrons. The van der Waals surface area contributed by atoms with Gasteiger partial charge in [0.1, 0.15) is 5.75 Å². The van der Waals surface area contributed by atoms with Gasteiger partial charge < -0.3 is 14.4 Å². The Morgan fingerprint density at radius 3 is 2.76 bits per heavy atom. The molecule has 21 heavy (non-hydrogen) atoms. The zero-order valence-corrected chi connectivity index (χ0v) is 12.4. The predicted molar refractivity (Wildman–Crippen MR) is 81.3 cm³/mol. The van der Waals surface area contributed by atoms with Crippen molar-refractivity contribution in [1.29, 1.82) is 0 Å². The molecule has 1 N–H and O–H groups in total. The van der Waals surface area contributed by atoms with E-state index in [1.54, 1.807) is 19.2 Å². The lowest BCUT2D eigenvalue weighted by Gasteiger charge is -2.37. The number of imidazole rings is 1. The minimum atomic E-state index is 0.321. The van der Waals surface area contributed by atoms with Gasteiger partial charge in [-0.05, 0) is 42.9 Å². The summed E-state index contributed by atoms with van der Waals surface area (Å²) in [6.45, 7) is 0.825. The Bertz CT molecular complexity index is 551. The average Bonchev–Trinajstić information content (AvgIpc) is 3.02. The lowest BCUT2D eigenvalue weighted by molar-refractivity contribution is 0.110. The average molecular weight is 286 g/mol. The number of methoxy groups -OCH3 is 1. The molecule has 1 aliphatic rings. The fourth-order valence-corrected chi connectivity index (χ4v) is 3.53. The minimum absolute atomic E-state index is 0.321. The van der Waals surface area contributed by atoms with E-state index in [1.807, 2.05) is 24.7 Å². The zero-order chi connectivity index (χ0) is 14.7. The summed E-state index contributed by atoms with van der Waals surface area (Å²) in [6.07, 6.45) is 9.24. The third kappa shape index (κ3) is 3.10. The fourth-order valence-electron chi connectivity index (χ4n) is 3.53. The molecule has 3 rings (SSSR count). The fraction of sp³-hybridized carbons (Fsp3) is 0.471. The van der Waals surface area contributed by atoms with E-state index in [-0.39, 0.29) is 0 Å². The van der Waals surface area contributed by atoms with Crippen molar-refractivity contribution >= 4 is 0 Å². The number of nitrogens with zero attached hydrogens (tertiary/aromatic N) is 2. The lowest BCUT2D eigenvalue weighted by atomic mass is 9.75. The summed E-state index contributed by atoms with van der Waals surface area (Å²) in [5.41, 5.74) is 1.28. The Morgan fingerprint density at radius 1 is 1.29 bits per heavy atom. The van der Waals surface area contributed by atoms with Crippen LogP contribution in [0.2, 0.25) is 0 Å². The number of rotatable bonds is 4. The van der Waals surface area contributed by atoms with Crippen molar-refractivity contribution in [2.45, 2.75) is 31.2 Å². The van der Waals surface area contributed by atoms with Crippen LogP contribution in [0.25, 0.3) is 0 Å². The summed E-state index contributed by atoms with van der Waals surface area (Å²) in [5, 5.41) is 9.51. The van der Waals surface area contributed by atoms with Gasteiger partial charge >= 0.3 is 0 Å². The van der Waals surface area contributed by atoms with E-state index in [4.69, 9.17) is 4.74 Å². The molecule has 1 unspecified atom stereocenters. The van der Waals surface area contributed by atoms with Crippen LogP contribution in [0.5, 0.6) is 5.75 Å². The number of benzene rings is 1. The van der Waals surface area contributed by atoms with Crippen LogP contribution < -0.4 is 0 Å². The van der Waals surface area contributed by atoms with Gasteiger partial charge in [0.25, 0.3) is 0 Å². The Morgan fingerprint density at radius 2 is 2.10 bits per heavy atom. The highest BCUT2D eigenvalue weighted by atomic mass is 16.5. The molecule has 4 nitrogen and oxygen atoms in total. The SMILES string of the molecule is COC[C@@H]1CC[C@@H](n2ccnc2)C(c2ccc(O)cc2)C1. The molecule has 3 atom stereocenters. The standard InChI is InChI=1S/C17H22N2O2/c1-21-11-13-2-7-17(19-9-8-18-12-19)16(10-13)14-3-5-15(20)6-4-14/h3-6,8-9,12-13,16-17,20H,2,7,10-11H2,1H3/t13-,16?,17-/m1/s1. The zero-order valence-electron chi connectivity index (χ0n) is 12.4. The first-order chi connectivity index (χ1) is 10.3. The Balaban J connectivity index is 1.87. The molecule has 4 heteroatoms. The van der Waals surface area contributed by atoms with E-state index in [1.165, 1.54) is 12.0 Å². The topological polar surface area (TPSA) is 47.3 Å². The Hall–Kier alpha value is -1.81. The highest BCUT2D eigenvalue weighted by Gasteiger charge is 2.32. The van der Waals surface area contributed by atoms with Gasteiger partial charge in [-0.3, -0.25) is 0 Å². The molecule has 1 aromatic heterocycles. The van der Waals surface area contributed by atoms with Crippen molar-refractivity contribution in [3.8, 4) is 5.75 Å². The molecule has 1 heterocycles. The summed E-state index contributed by atoms with van der Waals surface area (Å²) < 4.78 is 7.57. The molecule has 1 saturated carbocycles. The van der Waals surface area contributed by atoms with Gasteiger partial charge in [-0.25, -0.2) is 4.98 Å². The second-order valence-corrected chi connectivity index (χ2v) is 5.91. The number of phenols is 1. The first kappa shape index (κ1) is 14.1. The Labute approximate surface area is 125 Å². The van der Waals surface area contributed by atoms with Crippen molar-refractivity contribution in [3.63, 3.8) is 0 Å². The number of aromatic nitrogens is 2. The molecule has 0 aliphatic heterocycles. The van der Waals surface area contributed by atoms with Crippen molar-refractivity contribution in [2.75, 3.05) is 13.7 Å². The van der Waals surface area contributed by atoms with Gasteiger partial charge in [0, 0.05) is 38.1 Å². The Kier molecular flexibility index (Phi) is 4.25. The van der Waals surface area contributed by atoms with E-state index in [2.05, 4.69) is 15.7 Å². The summed E-state index contributed by atoms with van der Waals surface area (Å²) in [4.78, 5) is 4.19. The molecular formula is C17H22N2O2. The highest BCUT2D eigenvalue weighted by Crippen LogP contribution is 2.43. The molecule has 0 saturated heterocycles. The third-order valence-electron chi connectivity index (χ3n) is 4.55. The van der Waals surface area contributed by atoms with Gasteiger partial charge in [-0.2, -0.15) is 0 Å². The van der Waals surface area contributed by atoms with Crippen LogP contribution in [-0.4, -0.2) is 28.4 Å². The van der Waals surface area contributed by atoms with E-state index in [0.717, 1.165) is 19.4 Å². The maximum atomic E-state index is 9.51. The third-order valence-corrected chi connectivity index (χ3v) is 4.55. The van der Waals surface area contributed by atoms with Gasteiger partial charge in [0.15, 0.2) is 0 Å². The molecule has 0 spiro atoms. The van der Waals surface area contributed by atoms with Crippen molar-refractivity contribution in [1.82, 2.24) is 9.55 Å². The number of aromatic hydroxyl groups is 1. The monoisotopic (exact) mass is 286 g/mol. The number of hydrogen-bond donors (Lipinski definition) is 1. The van der Waals surface area contributed by atoms with E-state index in [0.29, 0.717) is 23.6 Å².